The molecule has 0 aliphatic rings. The van der Waals surface area contributed by atoms with E-state index in [1.165, 1.54) is 0 Å². The molecule has 0 heterocycles. The van der Waals surface area contributed by atoms with E-state index < -0.39 is 0 Å². The largest absolute Gasteiger partial charge is 0.355 e. The molecule has 0 aliphatic heterocycles. The summed E-state index contributed by atoms with van der Waals surface area (Å²) >= 11 is 0. The van der Waals surface area contributed by atoms with E-state index in [9.17, 15) is 4.79 Å². The topological polar surface area (TPSA) is 64.9 Å². The Hall–Kier alpha value is -1.08. The van der Waals surface area contributed by atoms with Gasteiger partial charge in [-0.15, -0.1) is 0 Å². The van der Waals surface area contributed by atoms with Gasteiger partial charge in [-0.05, 0) is 32.7 Å². The lowest BCUT2D eigenvalue weighted by atomic mass is 10.2. The van der Waals surface area contributed by atoms with E-state index in [1.54, 1.807) is 0 Å². The van der Waals surface area contributed by atoms with Crippen molar-refractivity contribution < 1.29 is 4.79 Å². The Bertz CT molecular complexity index is 210. The van der Waals surface area contributed by atoms with Gasteiger partial charge in [0.2, 0.25) is 5.91 Å². The minimum Gasteiger partial charge on any atom is -0.355 e. The van der Waals surface area contributed by atoms with Gasteiger partial charge in [0.05, 0.1) is 12.1 Å². The van der Waals surface area contributed by atoms with Crippen LogP contribution in [0.4, 0.5) is 0 Å². The Kier molecular flexibility index (Phi) is 8.79. The first kappa shape index (κ1) is 13.9. The van der Waals surface area contributed by atoms with E-state index in [4.69, 9.17) is 5.26 Å². The van der Waals surface area contributed by atoms with Crippen molar-refractivity contribution in [3.05, 3.63) is 0 Å². The number of nitrogens with zero attached hydrogens (tertiary/aromatic N) is 1. The van der Waals surface area contributed by atoms with Gasteiger partial charge in [-0.1, -0.05) is 6.92 Å². The van der Waals surface area contributed by atoms with E-state index in [-0.39, 0.29) is 11.9 Å². The zero-order valence-corrected chi connectivity index (χ0v) is 9.68. The smallest absolute Gasteiger partial charge is 0.236 e. The maximum Gasteiger partial charge on any atom is 0.236 e. The van der Waals surface area contributed by atoms with Gasteiger partial charge in [-0.2, -0.15) is 5.26 Å². The predicted octanol–water partition coefficient (Wildman–Crippen LogP) is 1.18. The quantitative estimate of drug-likeness (QED) is 0.593. The molecule has 0 aromatic heterocycles. The molecule has 2 N–H and O–H groups in total. The average molecular weight is 211 g/mol. The van der Waals surface area contributed by atoms with Gasteiger partial charge < -0.3 is 10.6 Å². The second-order valence-corrected chi connectivity index (χ2v) is 3.58. The highest BCUT2D eigenvalue weighted by Crippen LogP contribution is 1.92. The molecule has 0 saturated carbocycles. The summed E-state index contributed by atoms with van der Waals surface area (Å²) in [5.41, 5.74) is 0. The van der Waals surface area contributed by atoms with Gasteiger partial charge in [0.1, 0.15) is 0 Å². The number of nitrogens with one attached hydrogen (secondary N) is 2. The van der Waals surface area contributed by atoms with Gasteiger partial charge >= 0.3 is 0 Å². The molecule has 86 valence electrons. The van der Waals surface area contributed by atoms with Crippen LogP contribution in [0, 0.1) is 11.3 Å². The molecule has 4 heteroatoms. The first-order valence-electron chi connectivity index (χ1n) is 5.60. The highest BCUT2D eigenvalue weighted by molar-refractivity contribution is 5.81. The van der Waals surface area contributed by atoms with Crippen LogP contribution < -0.4 is 10.6 Å². The molecule has 0 aliphatic carbocycles. The van der Waals surface area contributed by atoms with Gasteiger partial charge in [-0.25, -0.2) is 0 Å². The third-order valence-electron chi connectivity index (χ3n) is 2.11. The Morgan fingerprint density at radius 1 is 1.40 bits per heavy atom. The number of hydrogen-bond acceptors (Lipinski definition) is 3. The summed E-state index contributed by atoms with van der Waals surface area (Å²) in [6, 6.07) is 1.96. The molecule has 0 radical (unpaired) electrons. The minimum atomic E-state index is -0.140. The first-order chi connectivity index (χ1) is 7.22. The Labute approximate surface area is 92.0 Å². The Balaban J connectivity index is 3.43. The van der Waals surface area contributed by atoms with Gasteiger partial charge in [0.25, 0.3) is 0 Å². The van der Waals surface area contributed by atoms with E-state index in [0.717, 1.165) is 32.4 Å². The molecular formula is C11H21N3O. The van der Waals surface area contributed by atoms with Crippen LogP contribution in [0.25, 0.3) is 0 Å². The molecule has 0 spiro atoms. The number of carbonyl (C=O) groups excluding carboxylic acids is 1. The van der Waals surface area contributed by atoms with Crippen LogP contribution in [0.1, 0.15) is 39.5 Å². The molecule has 0 rings (SSSR count). The van der Waals surface area contributed by atoms with Crippen molar-refractivity contribution in [2.75, 3.05) is 13.1 Å². The summed E-state index contributed by atoms with van der Waals surface area (Å²) in [7, 11) is 0. The lowest BCUT2D eigenvalue weighted by molar-refractivity contribution is -0.122. The van der Waals surface area contributed by atoms with Gasteiger partial charge in [0.15, 0.2) is 0 Å². The summed E-state index contributed by atoms with van der Waals surface area (Å²) in [5.74, 6) is 0.0529. The van der Waals surface area contributed by atoms with Crippen molar-refractivity contribution in [1.29, 1.82) is 5.26 Å². The zero-order chi connectivity index (χ0) is 11.5. The van der Waals surface area contributed by atoms with Crippen LogP contribution in [-0.4, -0.2) is 25.0 Å². The summed E-state index contributed by atoms with van der Waals surface area (Å²) in [6.07, 6.45) is 3.39. The lowest BCUT2D eigenvalue weighted by Crippen LogP contribution is -2.42. The van der Waals surface area contributed by atoms with Crippen LogP contribution in [0.2, 0.25) is 0 Å². The van der Waals surface area contributed by atoms with Crippen molar-refractivity contribution >= 4 is 5.91 Å². The summed E-state index contributed by atoms with van der Waals surface area (Å²) in [5, 5.41) is 14.3. The maximum absolute atomic E-state index is 11.4. The fourth-order valence-corrected chi connectivity index (χ4v) is 1.14. The van der Waals surface area contributed by atoms with Gasteiger partial charge in [-0.3, -0.25) is 4.79 Å². The van der Waals surface area contributed by atoms with Crippen molar-refractivity contribution in [3.63, 3.8) is 0 Å². The number of carbonyl (C=O) groups is 1. The van der Waals surface area contributed by atoms with Crippen LogP contribution in [0.15, 0.2) is 0 Å². The van der Waals surface area contributed by atoms with Crippen molar-refractivity contribution in [3.8, 4) is 6.07 Å². The normalized spacial score (nSPS) is 11.8. The third-order valence-corrected chi connectivity index (χ3v) is 2.11. The molecule has 0 aromatic rings. The Morgan fingerprint density at radius 3 is 2.73 bits per heavy atom. The second kappa shape index (κ2) is 9.47. The van der Waals surface area contributed by atoms with Crippen LogP contribution in [-0.2, 0) is 4.79 Å². The fraction of sp³-hybridized carbons (Fsp3) is 0.818. The molecule has 1 amide bonds. The van der Waals surface area contributed by atoms with Crippen LogP contribution >= 0.6 is 0 Å². The minimum absolute atomic E-state index is 0.0529. The fourth-order valence-electron chi connectivity index (χ4n) is 1.14. The number of amides is 1. The van der Waals surface area contributed by atoms with Crippen molar-refractivity contribution in [2.24, 2.45) is 0 Å². The zero-order valence-electron chi connectivity index (χ0n) is 9.68. The van der Waals surface area contributed by atoms with E-state index in [0.29, 0.717) is 6.42 Å². The standard InChI is InChI=1S/C11H21N3O/c1-3-8-14-11(15)10(2)13-9-6-4-5-7-12/h10,13H,3-6,8-9H2,1-2H3,(H,14,15). The van der Waals surface area contributed by atoms with E-state index in [2.05, 4.69) is 16.7 Å². The molecule has 0 aromatic carbocycles. The second-order valence-electron chi connectivity index (χ2n) is 3.58. The lowest BCUT2D eigenvalue weighted by Gasteiger charge is -2.13. The number of unbranched alkanes of at least 4 members (excludes halogenated alkanes) is 2. The number of nitriles is 1. The molecule has 15 heavy (non-hydrogen) atoms. The maximum atomic E-state index is 11.4. The number of hydrogen-bond donors (Lipinski definition) is 2. The summed E-state index contributed by atoms with van der Waals surface area (Å²) in [4.78, 5) is 11.4. The average Bonchev–Trinajstić information content (AvgIpc) is 2.25. The van der Waals surface area contributed by atoms with Crippen molar-refractivity contribution in [1.82, 2.24) is 10.6 Å². The molecule has 0 bridgehead atoms. The Morgan fingerprint density at radius 2 is 2.13 bits per heavy atom. The van der Waals surface area contributed by atoms with Gasteiger partial charge in [0, 0.05) is 13.0 Å². The molecule has 4 nitrogen and oxygen atoms in total. The molecule has 0 saturated heterocycles. The highest BCUT2D eigenvalue weighted by Gasteiger charge is 2.09. The molecule has 0 fully saturated rings. The third kappa shape index (κ3) is 7.95. The molecular weight excluding hydrogens is 190 g/mol. The summed E-state index contributed by atoms with van der Waals surface area (Å²) < 4.78 is 0. The monoisotopic (exact) mass is 211 g/mol. The number of rotatable bonds is 8. The highest BCUT2D eigenvalue weighted by atomic mass is 16.2. The van der Waals surface area contributed by atoms with E-state index >= 15 is 0 Å². The summed E-state index contributed by atoms with van der Waals surface area (Å²) in [6.45, 7) is 5.41. The van der Waals surface area contributed by atoms with Crippen LogP contribution in [0.3, 0.4) is 0 Å². The molecule has 1 unspecified atom stereocenters. The van der Waals surface area contributed by atoms with E-state index in [1.807, 2.05) is 13.8 Å². The van der Waals surface area contributed by atoms with Crippen LogP contribution in [0.5, 0.6) is 0 Å². The predicted molar refractivity (Wildman–Crippen MR) is 60.2 cm³/mol. The first-order valence-corrected chi connectivity index (χ1v) is 5.60. The SMILES string of the molecule is CCCNC(=O)C(C)NCCCCC#N. The van der Waals surface area contributed by atoms with Crippen molar-refractivity contribution in [2.45, 2.75) is 45.6 Å². The molecule has 1 atom stereocenters.